The third-order valence-electron chi connectivity index (χ3n) is 2.88. The van der Waals surface area contributed by atoms with Crippen molar-refractivity contribution in [3.8, 4) is 5.75 Å². The van der Waals surface area contributed by atoms with Crippen LogP contribution in [0.15, 0.2) is 36.5 Å². The van der Waals surface area contributed by atoms with Crippen LogP contribution in [0.25, 0.3) is 0 Å². The molecule has 6 nitrogen and oxygen atoms in total. The number of hydrogen-bond acceptors (Lipinski definition) is 4. The normalized spacial score (nSPS) is 10.4. The molecular weight excluding hydrogens is 248 g/mol. The quantitative estimate of drug-likeness (QED) is 0.660. The SMILES string of the molecule is COc1ccc(Cn2cccc2CO)cc1[N+](=O)[O-]. The molecule has 0 aliphatic rings. The second-order valence-electron chi connectivity index (χ2n) is 4.05. The molecule has 0 aliphatic carbocycles. The van der Waals surface area contributed by atoms with Crippen molar-refractivity contribution in [2.75, 3.05) is 7.11 Å². The van der Waals surface area contributed by atoms with Gasteiger partial charge in [-0.3, -0.25) is 10.1 Å². The van der Waals surface area contributed by atoms with Gasteiger partial charge in [0.25, 0.3) is 0 Å². The van der Waals surface area contributed by atoms with Gasteiger partial charge in [-0.25, -0.2) is 0 Å². The second-order valence-corrected chi connectivity index (χ2v) is 4.05. The summed E-state index contributed by atoms with van der Waals surface area (Å²) in [6.07, 6.45) is 1.82. The minimum atomic E-state index is -0.467. The van der Waals surface area contributed by atoms with Gasteiger partial charge < -0.3 is 14.4 Å². The first-order valence-corrected chi connectivity index (χ1v) is 5.72. The number of benzene rings is 1. The maximum absolute atomic E-state index is 10.9. The highest BCUT2D eigenvalue weighted by atomic mass is 16.6. The molecule has 2 aromatic rings. The number of nitro groups is 1. The lowest BCUT2D eigenvalue weighted by Crippen LogP contribution is -2.04. The van der Waals surface area contributed by atoms with Crippen LogP contribution in [0.4, 0.5) is 5.69 Å². The number of rotatable bonds is 5. The van der Waals surface area contributed by atoms with Gasteiger partial charge in [0.05, 0.1) is 18.6 Å². The van der Waals surface area contributed by atoms with E-state index in [1.807, 2.05) is 16.8 Å². The molecule has 0 amide bonds. The predicted molar refractivity (Wildman–Crippen MR) is 69.1 cm³/mol. The van der Waals surface area contributed by atoms with Crippen LogP contribution < -0.4 is 4.74 Å². The Morgan fingerprint density at radius 1 is 1.42 bits per heavy atom. The van der Waals surface area contributed by atoms with Crippen molar-refractivity contribution in [1.29, 1.82) is 0 Å². The van der Waals surface area contributed by atoms with Crippen LogP contribution in [0, 0.1) is 10.1 Å². The second kappa shape index (κ2) is 5.53. The largest absolute Gasteiger partial charge is 0.490 e. The van der Waals surface area contributed by atoms with Crippen molar-refractivity contribution >= 4 is 5.69 Å². The zero-order chi connectivity index (χ0) is 13.8. The first-order valence-electron chi connectivity index (χ1n) is 5.72. The van der Waals surface area contributed by atoms with Crippen LogP contribution in [0.1, 0.15) is 11.3 Å². The summed E-state index contributed by atoms with van der Waals surface area (Å²) in [7, 11) is 1.40. The highest BCUT2D eigenvalue weighted by Crippen LogP contribution is 2.27. The molecule has 0 bridgehead atoms. The van der Waals surface area contributed by atoms with Crippen LogP contribution >= 0.6 is 0 Å². The maximum atomic E-state index is 10.9. The number of aromatic nitrogens is 1. The zero-order valence-corrected chi connectivity index (χ0v) is 10.4. The molecule has 1 heterocycles. The monoisotopic (exact) mass is 262 g/mol. The van der Waals surface area contributed by atoms with Crippen LogP contribution in [0.3, 0.4) is 0 Å². The fourth-order valence-electron chi connectivity index (χ4n) is 1.92. The van der Waals surface area contributed by atoms with Crippen molar-refractivity contribution in [3.63, 3.8) is 0 Å². The number of methoxy groups -OCH3 is 1. The minimum Gasteiger partial charge on any atom is -0.490 e. The van der Waals surface area contributed by atoms with Gasteiger partial charge >= 0.3 is 5.69 Å². The lowest BCUT2D eigenvalue weighted by Gasteiger charge is -2.08. The number of hydrogen-bond donors (Lipinski definition) is 1. The standard InChI is InChI=1S/C13H14N2O4/c1-19-13-5-4-10(7-12(13)15(17)18)8-14-6-2-3-11(14)9-16/h2-7,16H,8-9H2,1H3. The van der Waals surface area contributed by atoms with Crippen LogP contribution in [0.5, 0.6) is 5.75 Å². The molecule has 2 rings (SSSR count). The zero-order valence-electron chi connectivity index (χ0n) is 10.4. The first kappa shape index (κ1) is 13.1. The van der Waals surface area contributed by atoms with Crippen LogP contribution in [-0.4, -0.2) is 21.7 Å². The Labute approximate surface area is 110 Å². The lowest BCUT2D eigenvalue weighted by atomic mass is 10.2. The van der Waals surface area contributed by atoms with Crippen molar-refractivity contribution in [1.82, 2.24) is 4.57 Å². The predicted octanol–water partition coefficient (Wildman–Crippen LogP) is 1.95. The summed E-state index contributed by atoms with van der Waals surface area (Å²) in [6, 6.07) is 8.46. The Balaban J connectivity index is 2.31. The Morgan fingerprint density at radius 3 is 2.84 bits per heavy atom. The Hall–Kier alpha value is -2.34. The van der Waals surface area contributed by atoms with Crippen molar-refractivity contribution in [2.45, 2.75) is 13.2 Å². The Kier molecular flexibility index (Phi) is 3.82. The summed E-state index contributed by atoms with van der Waals surface area (Å²) in [5.74, 6) is 0.239. The molecule has 0 aliphatic heterocycles. The molecule has 0 unspecified atom stereocenters. The van der Waals surface area contributed by atoms with E-state index in [1.165, 1.54) is 13.2 Å². The number of aliphatic hydroxyl groups is 1. The molecule has 0 saturated heterocycles. The minimum absolute atomic E-state index is 0.0577. The highest BCUT2D eigenvalue weighted by molar-refractivity contribution is 5.48. The van der Waals surface area contributed by atoms with Gasteiger partial charge in [0, 0.05) is 24.5 Å². The molecule has 1 N–H and O–H groups in total. The topological polar surface area (TPSA) is 77.5 Å². The number of nitro benzene ring substituents is 1. The van der Waals surface area contributed by atoms with Crippen LogP contribution in [0.2, 0.25) is 0 Å². The summed E-state index contributed by atoms with van der Waals surface area (Å²) in [5, 5.41) is 20.1. The van der Waals surface area contributed by atoms with Crippen LogP contribution in [-0.2, 0) is 13.2 Å². The molecule has 0 atom stereocenters. The van der Waals surface area contributed by atoms with Gasteiger partial charge in [-0.05, 0) is 23.8 Å². The van der Waals surface area contributed by atoms with Crippen molar-refractivity contribution in [2.24, 2.45) is 0 Å². The molecule has 0 saturated carbocycles. The number of nitrogens with zero attached hydrogens (tertiary/aromatic N) is 2. The molecule has 6 heteroatoms. The Bertz CT molecular complexity index is 592. The average Bonchev–Trinajstić information content (AvgIpc) is 2.85. The summed E-state index contributed by atoms with van der Waals surface area (Å²) in [5.41, 5.74) is 1.48. The number of ether oxygens (including phenoxy) is 1. The third kappa shape index (κ3) is 2.74. The molecule has 100 valence electrons. The average molecular weight is 262 g/mol. The molecule has 1 aromatic heterocycles. The van der Waals surface area contributed by atoms with Crippen molar-refractivity contribution < 1.29 is 14.8 Å². The molecule has 19 heavy (non-hydrogen) atoms. The molecule has 0 spiro atoms. The summed E-state index contributed by atoms with van der Waals surface area (Å²) < 4.78 is 6.79. The fraction of sp³-hybridized carbons (Fsp3) is 0.231. The smallest absolute Gasteiger partial charge is 0.311 e. The van der Waals surface area contributed by atoms with E-state index in [0.717, 1.165) is 11.3 Å². The first-order chi connectivity index (χ1) is 9.15. The van der Waals surface area contributed by atoms with E-state index in [2.05, 4.69) is 0 Å². The van der Waals surface area contributed by atoms with E-state index in [1.54, 1.807) is 18.2 Å². The Morgan fingerprint density at radius 2 is 2.21 bits per heavy atom. The van der Waals surface area contributed by atoms with Gasteiger partial charge in [-0.2, -0.15) is 0 Å². The molecular formula is C13H14N2O4. The summed E-state index contributed by atoms with van der Waals surface area (Å²) in [6.45, 7) is 0.402. The van der Waals surface area contributed by atoms with E-state index in [0.29, 0.717) is 6.54 Å². The third-order valence-corrected chi connectivity index (χ3v) is 2.88. The summed E-state index contributed by atoms with van der Waals surface area (Å²) in [4.78, 5) is 10.5. The van der Waals surface area contributed by atoms with Crippen molar-refractivity contribution in [3.05, 3.63) is 57.9 Å². The van der Waals surface area contributed by atoms with Gasteiger partial charge in [-0.1, -0.05) is 6.07 Å². The number of aliphatic hydroxyl groups excluding tert-OH is 1. The van der Waals surface area contributed by atoms with Gasteiger partial charge in [0.2, 0.25) is 0 Å². The maximum Gasteiger partial charge on any atom is 0.311 e. The van der Waals surface area contributed by atoms with E-state index < -0.39 is 4.92 Å². The van der Waals surface area contributed by atoms with E-state index in [-0.39, 0.29) is 18.0 Å². The fourth-order valence-corrected chi connectivity index (χ4v) is 1.92. The molecule has 0 fully saturated rings. The molecule has 0 radical (unpaired) electrons. The van der Waals surface area contributed by atoms with Gasteiger partial charge in [0.15, 0.2) is 5.75 Å². The molecule has 1 aromatic carbocycles. The lowest BCUT2D eigenvalue weighted by molar-refractivity contribution is -0.385. The van der Waals surface area contributed by atoms with E-state index >= 15 is 0 Å². The highest BCUT2D eigenvalue weighted by Gasteiger charge is 2.15. The van der Waals surface area contributed by atoms with E-state index in [4.69, 9.17) is 9.84 Å². The van der Waals surface area contributed by atoms with E-state index in [9.17, 15) is 10.1 Å². The summed E-state index contributed by atoms with van der Waals surface area (Å²) >= 11 is 0. The van der Waals surface area contributed by atoms with Gasteiger partial charge in [0.1, 0.15) is 0 Å². The van der Waals surface area contributed by atoms with Gasteiger partial charge in [-0.15, -0.1) is 0 Å².